The molecule has 1 saturated heterocycles. The minimum absolute atomic E-state index is 0.569. The molecule has 0 N–H and O–H groups in total. The predicted octanol–water partition coefficient (Wildman–Crippen LogP) is 2.52. The van der Waals surface area contributed by atoms with Crippen LogP contribution in [0.3, 0.4) is 0 Å². The van der Waals surface area contributed by atoms with Crippen LogP contribution in [-0.4, -0.2) is 59.4 Å². The molecular formula is C10H26N2S2. The van der Waals surface area contributed by atoms with Crippen LogP contribution in [0.5, 0.6) is 0 Å². The Labute approximate surface area is 93.1 Å². The van der Waals surface area contributed by atoms with Crippen LogP contribution in [-0.2, 0) is 0 Å². The molecule has 2 nitrogen and oxygen atoms in total. The maximum atomic E-state index is 2.70. The van der Waals surface area contributed by atoms with Gasteiger partial charge in [-0.1, -0.05) is 0 Å². The smallest absolute Gasteiger partial charge is 0.00860 e. The van der Waals surface area contributed by atoms with E-state index in [0.717, 1.165) is 0 Å². The van der Waals surface area contributed by atoms with Crippen molar-refractivity contribution < 1.29 is 0 Å². The highest BCUT2D eigenvalue weighted by molar-refractivity contribution is 8.43. The van der Waals surface area contributed by atoms with Gasteiger partial charge in [0.1, 0.15) is 0 Å². The summed E-state index contributed by atoms with van der Waals surface area (Å²) in [5.74, 6) is 0. The highest BCUT2D eigenvalue weighted by Gasteiger charge is 2.32. The second-order valence-electron chi connectivity index (χ2n) is 5.07. The molecule has 0 aromatic rings. The first kappa shape index (κ1) is 12.7. The summed E-state index contributed by atoms with van der Waals surface area (Å²) in [7, 11) is 1.05. The third-order valence-electron chi connectivity index (χ3n) is 3.10. The molecule has 0 aromatic carbocycles. The highest BCUT2D eigenvalue weighted by Crippen LogP contribution is 2.60. The summed E-state index contributed by atoms with van der Waals surface area (Å²) in [6.45, 7) is 2.62. The molecule has 4 heteroatoms. The lowest BCUT2D eigenvalue weighted by Crippen LogP contribution is -2.36. The minimum atomic E-state index is -0.693. The molecule has 0 spiro atoms. The Hall–Kier alpha value is 0.620. The molecule has 0 amide bonds. The maximum absolute atomic E-state index is 2.70. The lowest BCUT2D eigenvalue weighted by molar-refractivity contribution is 0.551. The van der Waals surface area contributed by atoms with E-state index < -0.39 is 20.6 Å². The average Bonchev–Trinajstić information content (AvgIpc) is 2.53. The van der Waals surface area contributed by atoms with Crippen molar-refractivity contribution in [1.29, 1.82) is 0 Å². The molecule has 88 valence electrons. The summed E-state index contributed by atoms with van der Waals surface area (Å²) >= 11 is 0. The van der Waals surface area contributed by atoms with Crippen molar-refractivity contribution in [2.75, 3.05) is 51.4 Å². The van der Waals surface area contributed by atoms with Crippen LogP contribution in [0.25, 0.3) is 0 Å². The number of rotatable bonds is 3. The van der Waals surface area contributed by atoms with E-state index in [9.17, 15) is 0 Å². The van der Waals surface area contributed by atoms with Gasteiger partial charge in [0.15, 0.2) is 0 Å². The van der Waals surface area contributed by atoms with Gasteiger partial charge in [-0.2, -0.15) is 10.2 Å². The molecule has 1 aliphatic heterocycles. The zero-order valence-electron chi connectivity index (χ0n) is 10.5. The number of hydrogen-bond donors (Lipinski definition) is 0. The van der Waals surface area contributed by atoms with Crippen LogP contribution < -0.4 is 0 Å². The van der Waals surface area contributed by atoms with Gasteiger partial charge < -0.3 is 0 Å². The van der Waals surface area contributed by atoms with Crippen molar-refractivity contribution in [3.05, 3.63) is 0 Å². The van der Waals surface area contributed by atoms with Gasteiger partial charge in [0.05, 0.1) is 0 Å². The molecule has 0 aromatic heterocycles. The zero-order chi connectivity index (χ0) is 11.0. The molecule has 14 heavy (non-hydrogen) atoms. The van der Waals surface area contributed by atoms with Gasteiger partial charge in [-0.05, 0) is 44.1 Å². The average molecular weight is 238 g/mol. The van der Waals surface area contributed by atoms with E-state index in [4.69, 9.17) is 0 Å². The van der Waals surface area contributed by atoms with E-state index in [-0.39, 0.29) is 0 Å². The summed E-state index contributed by atoms with van der Waals surface area (Å²) in [5, 5.41) is 0. The van der Waals surface area contributed by atoms with Crippen molar-refractivity contribution in [2.45, 2.75) is 12.8 Å². The second-order valence-corrected chi connectivity index (χ2v) is 12.9. The van der Waals surface area contributed by atoms with Gasteiger partial charge in [-0.3, -0.25) is 4.31 Å². The monoisotopic (exact) mass is 238 g/mol. The Morgan fingerprint density at radius 2 is 1.36 bits per heavy atom. The van der Waals surface area contributed by atoms with Crippen LogP contribution in [0, 0.1) is 0 Å². The normalized spacial score (nSPS) is 23.1. The summed E-state index contributed by atoms with van der Waals surface area (Å²) in [6.07, 6.45) is 14.8. The maximum Gasteiger partial charge on any atom is 0.00860 e. The van der Waals surface area contributed by atoms with Crippen molar-refractivity contribution in [1.82, 2.24) is 8.02 Å². The third-order valence-corrected chi connectivity index (χ3v) is 9.96. The van der Waals surface area contributed by atoms with Gasteiger partial charge in [-0.25, -0.2) is 3.71 Å². The lowest BCUT2D eigenvalue weighted by atomic mass is 10.4. The highest BCUT2D eigenvalue weighted by atomic mass is 32.3. The molecule has 1 aliphatic rings. The standard InChI is InChI=1S/C10H26N2S2/c1-11(13(2,3)4)14(5,6)12-9-7-8-10-12/h7-10H2,1-6H3. The van der Waals surface area contributed by atoms with Gasteiger partial charge in [0.25, 0.3) is 0 Å². The third kappa shape index (κ3) is 2.60. The number of nitrogens with zero attached hydrogens (tertiary/aromatic N) is 2. The van der Waals surface area contributed by atoms with E-state index in [1.807, 2.05) is 0 Å². The SMILES string of the molecule is CN(S(C)(C)C)S(C)(C)N1CCCC1. The molecule has 0 radical (unpaired) electrons. The fraction of sp³-hybridized carbons (Fsp3) is 1.00. The first-order valence-electron chi connectivity index (χ1n) is 5.17. The predicted molar refractivity (Wildman–Crippen MR) is 73.4 cm³/mol. The van der Waals surface area contributed by atoms with Crippen LogP contribution in [0.2, 0.25) is 0 Å². The van der Waals surface area contributed by atoms with Crippen LogP contribution in [0.1, 0.15) is 12.8 Å². The van der Waals surface area contributed by atoms with E-state index in [0.29, 0.717) is 0 Å². The van der Waals surface area contributed by atoms with Crippen LogP contribution in [0.15, 0.2) is 0 Å². The van der Waals surface area contributed by atoms with Crippen LogP contribution in [0.4, 0.5) is 0 Å². The number of hydrogen-bond acceptors (Lipinski definition) is 2. The van der Waals surface area contributed by atoms with E-state index in [1.165, 1.54) is 25.9 Å². The molecular weight excluding hydrogens is 212 g/mol. The first-order valence-corrected chi connectivity index (χ1v) is 10.3. The summed E-state index contributed by atoms with van der Waals surface area (Å²) < 4.78 is 5.34. The van der Waals surface area contributed by atoms with Crippen LogP contribution >= 0.6 is 20.6 Å². The van der Waals surface area contributed by atoms with Crippen molar-refractivity contribution in [3.8, 4) is 0 Å². The molecule has 0 bridgehead atoms. The molecule has 0 saturated carbocycles. The lowest BCUT2D eigenvalue weighted by Gasteiger charge is -2.55. The van der Waals surface area contributed by atoms with Crippen molar-refractivity contribution in [2.24, 2.45) is 0 Å². The van der Waals surface area contributed by atoms with Gasteiger partial charge >= 0.3 is 0 Å². The molecule has 1 fully saturated rings. The Bertz CT molecular complexity index is 193. The van der Waals surface area contributed by atoms with Crippen molar-refractivity contribution in [3.63, 3.8) is 0 Å². The molecule has 1 heterocycles. The largest absolute Gasteiger partial charge is 0.256 e. The first-order chi connectivity index (χ1) is 6.26. The van der Waals surface area contributed by atoms with E-state index in [2.05, 4.69) is 46.3 Å². The Balaban J connectivity index is 2.72. The summed E-state index contributed by atoms with van der Waals surface area (Å²) in [5.41, 5.74) is 0. The van der Waals surface area contributed by atoms with E-state index in [1.54, 1.807) is 0 Å². The second kappa shape index (κ2) is 4.24. The van der Waals surface area contributed by atoms with Gasteiger partial charge in [0.2, 0.25) is 0 Å². The van der Waals surface area contributed by atoms with Crippen molar-refractivity contribution >= 4 is 20.6 Å². The minimum Gasteiger partial charge on any atom is -0.256 e. The van der Waals surface area contributed by atoms with E-state index >= 15 is 0 Å². The molecule has 1 rings (SSSR count). The quantitative estimate of drug-likeness (QED) is 0.745. The van der Waals surface area contributed by atoms with Gasteiger partial charge in [0, 0.05) is 20.1 Å². The Kier molecular flexibility index (Phi) is 3.84. The summed E-state index contributed by atoms with van der Waals surface area (Å²) in [4.78, 5) is 0. The fourth-order valence-corrected chi connectivity index (χ4v) is 7.98. The van der Waals surface area contributed by atoms with Gasteiger partial charge in [-0.15, -0.1) is 10.4 Å². The topological polar surface area (TPSA) is 6.48 Å². The zero-order valence-corrected chi connectivity index (χ0v) is 12.2. The summed E-state index contributed by atoms with van der Waals surface area (Å²) in [6, 6.07) is 0. The Morgan fingerprint density at radius 3 is 1.71 bits per heavy atom. The molecule has 0 atom stereocenters. The Morgan fingerprint density at radius 1 is 0.929 bits per heavy atom. The molecule has 0 unspecified atom stereocenters. The molecule has 0 aliphatic carbocycles. The fourth-order valence-electron chi connectivity index (χ4n) is 1.84.